The minimum atomic E-state index is -0.144. The Morgan fingerprint density at radius 2 is 2.28 bits per heavy atom. The van der Waals surface area contributed by atoms with E-state index in [0.717, 1.165) is 11.3 Å². The fourth-order valence-electron chi connectivity index (χ4n) is 1.59. The number of nitrogens with two attached hydrogens (primary N) is 1. The van der Waals surface area contributed by atoms with Gasteiger partial charge in [-0.05, 0) is 17.7 Å². The summed E-state index contributed by atoms with van der Waals surface area (Å²) in [4.78, 5) is 11.5. The summed E-state index contributed by atoms with van der Waals surface area (Å²) in [6.45, 7) is 1.30. The third-order valence-electron chi connectivity index (χ3n) is 2.59. The highest BCUT2D eigenvalue weighted by molar-refractivity contribution is 5.28. The molecule has 0 saturated carbocycles. The Hall–Kier alpha value is -2.08. The van der Waals surface area contributed by atoms with Gasteiger partial charge in [-0.15, -0.1) is 0 Å². The number of hydrogen-bond donors (Lipinski definition) is 1. The van der Waals surface area contributed by atoms with Crippen molar-refractivity contribution in [3.8, 4) is 5.75 Å². The third kappa shape index (κ3) is 2.78. The monoisotopic (exact) mass is 248 g/mol. The molecule has 96 valence electrons. The highest BCUT2D eigenvalue weighted by Crippen LogP contribution is 2.12. The van der Waals surface area contributed by atoms with E-state index in [0.29, 0.717) is 19.7 Å². The summed E-state index contributed by atoms with van der Waals surface area (Å²) >= 11 is 0. The second kappa shape index (κ2) is 5.50. The van der Waals surface area contributed by atoms with Crippen molar-refractivity contribution in [2.24, 2.45) is 12.8 Å². The minimum absolute atomic E-state index is 0.144. The molecule has 1 heterocycles. The molecule has 0 bridgehead atoms. The molecule has 6 heteroatoms. The van der Waals surface area contributed by atoms with E-state index in [2.05, 4.69) is 5.10 Å². The van der Waals surface area contributed by atoms with Crippen LogP contribution >= 0.6 is 0 Å². The van der Waals surface area contributed by atoms with E-state index < -0.39 is 0 Å². The molecule has 1 aromatic heterocycles. The molecule has 0 fully saturated rings. The minimum Gasteiger partial charge on any atom is -0.492 e. The second-order valence-electron chi connectivity index (χ2n) is 3.95. The van der Waals surface area contributed by atoms with Crippen LogP contribution in [0.2, 0.25) is 0 Å². The first-order chi connectivity index (χ1) is 8.70. The van der Waals surface area contributed by atoms with Crippen molar-refractivity contribution in [1.29, 1.82) is 0 Å². The van der Waals surface area contributed by atoms with Crippen LogP contribution < -0.4 is 16.2 Å². The van der Waals surface area contributed by atoms with Gasteiger partial charge in [0.05, 0.1) is 6.54 Å². The number of rotatable bonds is 5. The summed E-state index contributed by atoms with van der Waals surface area (Å²) < 4.78 is 8.35. The molecule has 6 nitrogen and oxygen atoms in total. The summed E-state index contributed by atoms with van der Waals surface area (Å²) in [7, 11) is 1.66. The quantitative estimate of drug-likeness (QED) is 0.815. The van der Waals surface area contributed by atoms with Gasteiger partial charge in [-0.1, -0.05) is 12.1 Å². The molecule has 0 amide bonds. The van der Waals surface area contributed by atoms with Crippen LogP contribution in [0.25, 0.3) is 0 Å². The summed E-state index contributed by atoms with van der Waals surface area (Å²) in [5.74, 6) is 0.752. The van der Waals surface area contributed by atoms with E-state index >= 15 is 0 Å². The van der Waals surface area contributed by atoms with E-state index in [9.17, 15) is 4.79 Å². The average molecular weight is 248 g/mol. The SMILES string of the molecule is Cn1cnn(CCOc2cccc(CN)c2)c1=O. The van der Waals surface area contributed by atoms with E-state index in [-0.39, 0.29) is 5.69 Å². The van der Waals surface area contributed by atoms with Gasteiger partial charge in [-0.3, -0.25) is 4.57 Å². The molecule has 0 radical (unpaired) electrons. The van der Waals surface area contributed by atoms with Crippen LogP contribution in [0, 0.1) is 0 Å². The van der Waals surface area contributed by atoms with E-state index in [1.165, 1.54) is 15.6 Å². The normalized spacial score (nSPS) is 10.6. The first-order valence-corrected chi connectivity index (χ1v) is 5.71. The van der Waals surface area contributed by atoms with Crippen LogP contribution in [0.1, 0.15) is 5.56 Å². The molecule has 0 aliphatic rings. The lowest BCUT2D eigenvalue weighted by molar-refractivity contribution is 0.288. The van der Waals surface area contributed by atoms with Crippen LogP contribution in [0.15, 0.2) is 35.4 Å². The smallest absolute Gasteiger partial charge is 0.345 e. The number of ether oxygens (including phenoxy) is 1. The molecule has 0 saturated heterocycles. The summed E-state index contributed by atoms with van der Waals surface area (Å²) in [6, 6.07) is 7.59. The van der Waals surface area contributed by atoms with Crippen LogP contribution in [0.4, 0.5) is 0 Å². The maximum Gasteiger partial charge on any atom is 0.345 e. The molecule has 2 rings (SSSR count). The molecular formula is C12H16N4O2. The van der Waals surface area contributed by atoms with Gasteiger partial charge >= 0.3 is 5.69 Å². The van der Waals surface area contributed by atoms with E-state index in [1.54, 1.807) is 7.05 Å². The molecule has 0 spiro atoms. The summed E-state index contributed by atoms with van der Waals surface area (Å²) in [6.07, 6.45) is 1.48. The molecule has 18 heavy (non-hydrogen) atoms. The van der Waals surface area contributed by atoms with Gasteiger partial charge in [0, 0.05) is 13.6 Å². The molecule has 0 aliphatic heterocycles. The predicted octanol–water partition coefficient (Wildman–Crippen LogP) is 0.120. The maximum absolute atomic E-state index is 11.5. The Bertz CT molecular complexity index is 573. The zero-order valence-corrected chi connectivity index (χ0v) is 10.2. The topological polar surface area (TPSA) is 75.1 Å². The zero-order valence-electron chi connectivity index (χ0n) is 10.2. The van der Waals surface area contributed by atoms with Gasteiger partial charge < -0.3 is 10.5 Å². The van der Waals surface area contributed by atoms with Crippen LogP contribution in [-0.4, -0.2) is 21.0 Å². The summed E-state index contributed by atoms with van der Waals surface area (Å²) in [5.41, 5.74) is 6.42. The molecule has 0 aliphatic carbocycles. The van der Waals surface area contributed by atoms with Crippen molar-refractivity contribution in [3.63, 3.8) is 0 Å². The Kier molecular flexibility index (Phi) is 3.78. The van der Waals surface area contributed by atoms with Crippen molar-refractivity contribution in [2.75, 3.05) is 6.61 Å². The highest BCUT2D eigenvalue weighted by atomic mass is 16.5. The second-order valence-corrected chi connectivity index (χ2v) is 3.95. The first-order valence-electron chi connectivity index (χ1n) is 5.71. The Morgan fingerprint density at radius 3 is 2.94 bits per heavy atom. The lowest BCUT2D eigenvalue weighted by Crippen LogP contribution is -2.25. The van der Waals surface area contributed by atoms with E-state index in [1.807, 2.05) is 24.3 Å². The molecule has 2 N–H and O–H groups in total. The van der Waals surface area contributed by atoms with Crippen molar-refractivity contribution < 1.29 is 4.74 Å². The van der Waals surface area contributed by atoms with Crippen molar-refractivity contribution in [3.05, 3.63) is 46.6 Å². The maximum atomic E-state index is 11.5. The van der Waals surface area contributed by atoms with Gasteiger partial charge in [0.1, 0.15) is 18.7 Å². The highest BCUT2D eigenvalue weighted by Gasteiger charge is 2.01. The molecule has 0 atom stereocenters. The first kappa shape index (κ1) is 12.4. The van der Waals surface area contributed by atoms with Crippen molar-refractivity contribution >= 4 is 0 Å². The molecular weight excluding hydrogens is 232 g/mol. The van der Waals surface area contributed by atoms with Crippen LogP contribution in [-0.2, 0) is 20.1 Å². The largest absolute Gasteiger partial charge is 0.492 e. The van der Waals surface area contributed by atoms with Gasteiger partial charge in [0.15, 0.2) is 0 Å². The summed E-state index contributed by atoms with van der Waals surface area (Å²) in [5, 5.41) is 3.95. The number of nitrogens with zero attached hydrogens (tertiary/aromatic N) is 3. The zero-order chi connectivity index (χ0) is 13.0. The Balaban J connectivity index is 1.92. The Morgan fingerprint density at radius 1 is 1.44 bits per heavy atom. The standard InChI is InChI=1S/C12H16N4O2/c1-15-9-14-16(12(15)17)5-6-18-11-4-2-3-10(7-11)8-13/h2-4,7,9H,5-6,8,13H2,1H3. The Labute approximate surface area is 105 Å². The van der Waals surface area contributed by atoms with Gasteiger partial charge in [0.2, 0.25) is 0 Å². The van der Waals surface area contributed by atoms with Gasteiger partial charge in [-0.25, -0.2) is 9.48 Å². The fourth-order valence-corrected chi connectivity index (χ4v) is 1.59. The number of hydrogen-bond acceptors (Lipinski definition) is 4. The van der Waals surface area contributed by atoms with Crippen LogP contribution in [0.5, 0.6) is 5.75 Å². The molecule has 2 aromatic rings. The van der Waals surface area contributed by atoms with Crippen molar-refractivity contribution in [2.45, 2.75) is 13.1 Å². The van der Waals surface area contributed by atoms with Gasteiger partial charge in [0.25, 0.3) is 0 Å². The average Bonchev–Trinajstić information content (AvgIpc) is 2.71. The molecule has 0 unspecified atom stereocenters. The number of benzene rings is 1. The van der Waals surface area contributed by atoms with E-state index in [4.69, 9.17) is 10.5 Å². The predicted molar refractivity (Wildman–Crippen MR) is 67.3 cm³/mol. The van der Waals surface area contributed by atoms with Gasteiger partial charge in [-0.2, -0.15) is 5.10 Å². The lowest BCUT2D eigenvalue weighted by atomic mass is 10.2. The number of aromatic nitrogens is 3. The fraction of sp³-hybridized carbons (Fsp3) is 0.333. The van der Waals surface area contributed by atoms with Crippen molar-refractivity contribution in [1.82, 2.24) is 14.3 Å². The van der Waals surface area contributed by atoms with Crippen LogP contribution in [0.3, 0.4) is 0 Å². The number of aryl methyl sites for hydroxylation is 1. The molecule has 1 aromatic carbocycles. The third-order valence-corrected chi connectivity index (χ3v) is 2.59. The lowest BCUT2D eigenvalue weighted by Gasteiger charge is -2.06.